The molecule has 4 aliphatic rings. The zero-order valence-electron chi connectivity index (χ0n) is 13.1. The summed E-state index contributed by atoms with van der Waals surface area (Å²) in [7, 11) is 0. The molecule has 0 amide bonds. The Hall–Kier alpha value is -1.22. The van der Waals surface area contributed by atoms with Crippen molar-refractivity contribution in [2.45, 2.75) is 69.3 Å². The predicted molar refractivity (Wildman–Crippen MR) is 84.2 cm³/mol. The number of benzene rings is 1. The first-order valence-corrected chi connectivity index (χ1v) is 9.03. The molecule has 0 radical (unpaired) electrons. The lowest BCUT2D eigenvalue weighted by molar-refractivity contribution is 0.259. The van der Waals surface area contributed by atoms with Crippen molar-refractivity contribution in [1.82, 2.24) is 0 Å². The smallest absolute Gasteiger partial charge is 0.174 e. The van der Waals surface area contributed by atoms with Gasteiger partial charge in [0.25, 0.3) is 0 Å². The van der Waals surface area contributed by atoms with Crippen molar-refractivity contribution in [2.75, 3.05) is 13.2 Å². The van der Waals surface area contributed by atoms with E-state index in [0.717, 1.165) is 18.1 Å². The molecule has 3 nitrogen and oxygen atoms in total. The molecule has 118 valence electrons. The van der Waals surface area contributed by atoms with E-state index < -0.39 is 0 Å². The van der Waals surface area contributed by atoms with Gasteiger partial charge < -0.3 is 14.2 Å². The van der Waals surface area contributed by atoms with Crippen LogP contribution in [0.25, 0.3) is 0 Å². The van der Waals surface area contributed by atoms with Gasteiger partial charge in [0, 0.05) is 17.2 Å². The first-order chi connectivity index (χ1) is 10.9. The maximum Gasteiger partial charge on any atom is 0.174 e. The summed E-state index contributed by atoms with van der Waals surface area (Å²) in [5.41, 5.74) is 3.02. The molecule has 2 saturated carbocycles. The molecule has 1 atom stereocenters. The molecule has 1 saturated heterocycles. The van der Waals surface area contributed by atoms with E-state index >= 15 is 0 Å². The van der Waals surface area contributed by atoms with Crippen molar-refractivity contribution < 1.29 is 14.2 Å². The molecule has 2 heterocycles. The second kappa shape index (κ2) is 5.16. The summed E-state index contributed by atoms with van der Waals surface area (Å²) in [6.07, 6.45) is 11.0. The maximum atomic E-state index is 6.18. The Morgan fingerprint density at radius 1 is 0.955 bits per heavy atom. The van der Waals surface area contributed by atoms with Crippen LogP contribution < -0.4 is 9.47 Å². The zero-order chi connectivity index (χ0) is 14.5. The Balaban J connectivity index is 1.54. The molecule has 1 unspecified atom stereocenters. The highest BCUT2D eigenvalue weighted by Crippen LogP contribution is 2.60. The molecule has 1 aromatic carbocycles. The molecule has 0 N–H and O–H groups in total. The van der Waals surface area contributed by atoms with Crippen molar-refractivity contribution in [3.63, 3.8) is 0 Å². The van der Waals surface area contributed by atoms with Gasteiger partial charge in [-0.05, 0) is 37.5 Å². The molecule has 22 heavy (non-hydrogen) atoms. The zero-order valence-corrected chi connectivity index (χ0v) is 13.1. The number of fused-ring (bicyclic) bond motifs is 1. The van der Waals surface area contributed by atoms with Crippen molar-refractivity contribution in [3.8, 4) is 17.2 Å². The van der Waals surface area contributed by atoms with Crippen molar-refractivity contribution in [1.29, 1.82) is 0 Å². The lowest BCUT2D eigenvalue weighted by Crippen LogP contribution is -2.09. The van der Waals surface area contributed by atoms with E-state index in [1.54, 1.807) is 0 Å². The van der Waals surface area contributed by atoms with Gasteiger partial charge in [0.15, 0.2) is 11.5 Å². The molecule has 0 bridgehead atoms. The largest absolute Gasteiger partial charge is 0.490 e. The summed E-state index contributed by atoms with van der Waals surface area (Å²) >= 11 is 0. The molecule has 0 aromatic heterocycles. The molecule has 0 spiro atoms. The molecule has 2 aliphatic carbocycles. The van der Waals surface area contributed by atoms with E-state index in [-0.39, 0.29) is 0 Å². The van der Waals surface area contributed by atoms with Gasteiger partial charge in [-0.1, -0.05) is 25.7 Å². The third-order valence-corrected chi connectivity index (χ3v) is 5.81. The molecule has 3 heteroatoms. The third-order valence-electron chi connectivity index (χ3n) is 5.81. The minimum absolute atomic E-state index is 0.316. The summed E-state index contributed by atoms with van der Waals surface area (Å²) < 4.78 is 17.3. The normalized spacial score (nSPS) is 26.8. The highest BCUT2D eigenvalue weighted by atomic mass is 16.6. The highest BCUT2D eigenvalue weighted by molar-refractivity contribution is 5.68. The van der Waals surface area contributed by atoms with E-state index in [1.165, 1.54) is 68.2 Å². The fourth-order valence-electron chi connectivity index (χ4n) is 4.54. The summed E-state index contributed by atoms with van der Waals surface area (Å²) in [6, 6.07) is 2.14. The Labute approximate surface area is 131 Å². The van der Waals surface area contributed by atoms with Crippen LogP contribution in [-0.2, 0) is 4.74 Å². The highest BCUT2D eigenvalue weighted by Gasteiger charge is 2.38. The van der Waals surface area contributed by atoms with Gasteiger partial charge in [-0.25, -0.2) is 0 Å². The van der Waals surface area contributed by atoms with E-state index in [1.807, 2.05) is 0 Å². The fraction of sp³-hybridized carbons (Fsp3) is 0.684. The van der Waals surface area contributed by atoms with Gasteiger partial charge in [0.2, 0.25) is 0 Å². The van der Waals surface area contributed by atoms with E-state index in [0.29, 0.717) is 24.5 Å². The number of hydrogen-bond donors (Lipinski definition) is 0. The Morgan fingerprint density at radius 3 is 2.23 bits per heavy atom. The summed E-state index contributed by atoms with van der Waals surface area (Å²) in [5.74, 6) is 4.74. The van der Waals surface area contributed by atoms with Crippen molar-refractivity contribution in [3.05, 3.63) is 17.2 Å². The maximum absolute atomic E-state index is 6.18. The molecule has 5 rings (SSSR count). The second-order valence-corrected chi connectivity index (χ2v) is 7.36. The summed E-state index contributed by atoms with van der Waals surface area (Å²) in [5, 5.41) is 0. The van der Waals surface area contributed by atoms with Crippen LogP contribution in [0.1, 0.15) is 74.3 Å². The quantitative estimate of drug-likeness (QED) is 0.738. The van der Waals surface area contributed by atoms with Crippen LogP contribution in [0.2, 0.25) is 0 Å². The van der Waals surface area contributed by atoms with Crippen LogP contribution in [0.5, 0.6) is 17.2 Å². The van der Waals surface area contributed by atoms with Crippen LogP contribution in [-0.4, -0.2) is 19.3 Å². The predicted octanol–water partition coefficient (Wildman–Crippen LogP) is 4.89. The average molecular weight is 300 g/mol. The molecular weight excluding hydrogens is 276 g/mol. The number of epoxide rings is 1. The van der Waals surface area contributed by atoms with Gasteiger partial charge in [-0.15, -0.1) is 0 Å². The van der Waals surface area contributed by atoms with Crippen LogP contribution in [0, 0.1) is 0 Å². The monoisotopic (exact) mass is 300 g/mol. The van der Waals surface area contributed by atoms with Gasteiger partial charge in [-0.2, -0.15) is 0 Å². The van der Waals surface area contributed by atoms with Gasteiger partial charge in [0.05, 0.1) is 6.61 Å². The minimum Gasteiger partial charge on any atom is -0.490 e. The lowest BCUT2D eigenvalue weighted by atomic mass is 9.85. The fourth-order valence-corrected chi connectivity index (χ4v) is 4.54. The first kappa shape index (κ1) is 13.2. The Bertz CT molecular complexity index is 579. The molecule has 1 aromatic rings. The van der Waals surface area contributed by atoms with Crippen LogP contribution >= 0.6 is 0 Å². The molecule has 3 fully saturated rings. The van der Waals surface area contributed by atoms with Crippen LogP contribution in [0.3, 0.4) is 0 Å². The van der Waals surface area contributed by atoms with Crippen molar-refractivity contribution >= 4 is 0 Å². The minimum atomic E-state index is 0.316. The third kappa shape index (κ3) is 2.30. The van der Waals surface area contributed by atoms with Gasteiger partial charge in [0.1, 0.15) is 18.5 Å². The lowest BCUT2D eigenvalue weighted by Gasteiger charge is -2.21. The van der Waals surface area contributed by atoms with Gasteiger partial charge in [-0.3, -0.25) is 0 Å². The number of ether oxygens (including phenoxy) is 3. The standard InChI is InChI=1S/C19H24O3/c1-2-6-12(5-1)17-15(21-11-14-10-20-14)9-16-19(22-16)18(17)13-7-3-4-8-13/h9,12-14H,1-8,10-11H2. The molecular formula is C19H24O3. The Kier molecular flexibility index (Phi) is 3.10. The van der Waals surface area contributed by atoms with Crippen LogP contribution in [0.15, 0.2) is 6.07 Å². The van der Waals surface area contributed by atoms with E-state index in [2.05, 4.69) is 6.07 Å². The SMILES string of the molecule is c1c2c(c(C3CCCC3)c(C3CCCC3)c1OCC1CO1)O2. The number of hydrogen-bond acceptors (Lipinski definition) is 3. The first-order valence-electron chi connectivity index (χ1n) is 9.03. The Morgan fingerprint density at radius 2 is 1.59 bits per heavy atom. The second-order valence-electron chi connectivity index (χ2n) is 7.36. The average Bonchev–Trinajstić information content (AvgIpc) is 3.37. The molecule has 2 aliphatic heterocycles. The van der Waals surface area contributed by atoms with E-state index in [9.17, 15) is 0 Å². The summed E-state index contributed by atoms with van der Waals surface area (Å²) in [6.45, 7) is 1.55. The summed E-state index contributed by atoms with van der Waals surface area (Å²) in [4.78, 5) is 0. The number of rotatable bonds is 5. The van der Waals surface area contributed by atoms with E-state index in [4.69, 9.17) is 14.2 Å². The van der Waals surface area contributed by atoms with Gasteiger partial charge >= 0.3 is 0 Å². The van der Waals surface area contributed by atoms with Crippen LogP contribution in [0.4, 0.5) is 0 Å². The van der Waals surface area contributed by atoms with Crippen molar-refractivity contribution in [2.24, 2.45) is 0 Å². The topological polar surface area (TPSA) is 34.3 Å².